The number of imide groups is 1. The minimum atomic E-state index is -1.27. The summed E-state index contributed by atoms with van der Waals surface area (Å²) >= 11 is 18.8. The summed E-state index contributed by atoms with van der Waals surface area (Å²) in [7, 11) is 0. The van der Waals surface area contributed by atoms with E-state index in [0.717, 1.165) is 17.7 Å². The van der Waals surface area contributed by atoms with E-state index in [2.05, 4.69) is 5.32 Å². The number of nitrogens with one attached hydrogen (secondary N) is 1. The van der Waals surface area contributed by atoms with E-state index >= 15 is 0 Å². The number of nitrogens with zero attached hydrogens (tertiary/aromatic N) is 2. The largest absolute Gasteiger partial charge is 0.324 e. The molecular weight excluding hydrogens is 461 g/mol. The Morgan fingerprint density at radius 2 is 1.71 bits per heavy atom. The first-order valence-corrected chi connectivity index (χ1v) is 11.2. The van der Waals surface area contributed by atoms with Crippen molar-refractivity contribution in [1.82, 2.24) is 4.90 Å². The number of hydrogen-bond donors (Lipinski definition) is 1. The van der Waals surface area contributed by atoms with Crippen LogP contribution in [0.5, 0.6) is 0 Å². The van der Waals surface area contributed by atoms with E-state index in [0.29, 0.717) is 27.8 Å². The zero-order valence-electron chi connectivity index (χ0n) is 16.1. The highest BCUT2D eigenvalue weighted by molar-refractivity contribution is 6.38. The third-order valence-electron chi connectivity index (χ3n) is 7.10. The smallest absolute Gasteiger partial charge is 0.250 e. The summed E-state index contributed by atoms with van der Waals surface area (Å²) in [5.41, 5.74) is 0.270. The lowest BCUT2D eigenvalue weighted by Crippen LogP contribution is -2.54. The van der Waals surface area contributed by atoms with Crippen LogP contribution in [0.3, 0.4) is 0 Å². The summed E-state index contributed by atoms with van der Waals surface area (Å²) in [5, 5.41) is 4.02. The number of fused-ring (bicyclic) bond motifs is 7. The number of rotatable bonds is 1. The lowest BCUT2D eigenvalue weighted by molar-refractivity contribution is -0.135. The van der Waals surface area contributed by atoms with Gasteiger partial charge in [-0.1, -0.05) is 34.8 Å². The Labute approximate surface area is 193 Å². The Morgan fingerprint density at radius 3 is 2.52 bits per heavy atom. The van der Waals surface area contributed by atoms with Gasteiger partial charge in [-0.2, -0.15) is 0 Å². The molecule has 3 amide bonds. The van der Waals surface area contributed by atoms with Crippen LogP contribution in [-0.2, 0) is 19.9 Å². The molecule has 4 heterocycles. The average Bonchev–Trinajstić information content (AvgIpc) is 3.43. The van der Waals surface area contributed by atoms with Crippen molar-refractivity contribution in [3.05, 3.63) is 57.0 Å². The number of benzene rings is 2. The molecule has 0 aliphatic carbocycles. The number of anilines is 2. The molecule has 4 aliphatic heterocycles. The van der Waals surface area contributed by atoms with Crippen molar-refractivity contribution < 1.29 is 14.4 Å². The van der Waals surface area contributed by atoms with Gasteiger partial charge in [0.2, 0.25) is 17.7 Å². The third kappa shape index (κ3) is 2.31. The maximum absolute atomic E-state index is 13.9. The molecule has 2 aromatic rings. The van der Waals surface area contributed by atoms with E-state index in [4.69, 9.17) is 34.8 Å². The number of hydrogen-bond acceptors (Lipinski definition) is 4. The third-order valence-corrected chi connectivity index (χ3v) is 7.89. The van der Waals surface area contributed by atoms with Gasteiger partial charge in [0.05, 0.1) is 22.5 Å². The van der Waals surface area contributed by atoms with Crippen LogP contribution in [-0.4, -0.2) is 35.2 Å². The predicted molar refractivity (Wildman–Crippen MR) is 117 cm³/mol. The molecule has 6 rings (SSSR count). The SMILES string of the molecule is O=C1[C@@H]2[C@@H]3CCCN3[C@]3(C(=O)Nc4ccc(Cl)cc43)[C@H]2C(=O)N1c1cc(Cl)ccc1Cl. The van der Waals surface area contributed by atoms with E-state index in [9.17, 15) is 14.4 Å². The minimum absolute atomic E-state index is 0.208. The molecule has 3 saturated heterocycles. The molecule has 31 heavy (non-hydrogen) atoms. The molecule has 0 radical (unpaired) electrons. The van der Waals surface area contributed by atoms with Crippen molar-refractivity contribution in [2.24, 2.45) is 11.8 Å². The molecule has 1 spiro atoms. The van der Waals surface area contributed by atoms with Gasteiger partial charge in [-0.05, 0) is 55.8 Å². The summed E-state index contributed by atoms with van der Waals surface area (Å²) in [6.45, 7) is 0.634. The highest BCUT2D eigenvalue weighted by Crippen LogP contribution is 2.61. The molecule has 1 N–H and O–H groups in total. The first kappa shape index (κ1) is 19.6. The van der Waals surface area contributed by atoms with Gasteiger partial charge < -0.3 is 5.32 Å². The summed E-state index contributed by atoms with van der Waals surface area (Å²) in [5.74, 6) is -2.56. The summed E-state index contributed by atoms with van der Waals surface area (Å²) in [4.78, 5) is 44.2. The first-order valence-electron chi connectivity index (χ1n) is 10.1. The van der Waals surface area contributed by atoms with Crippen LogP contribution in [0.15, 0.2) is 36.4 Å². The van der Waals surface area contributed by atoms with Crippen LogP contribution in [0.1, 0.15) is 18.4 Å². The Kier molecular flexibility index (Phi) is 4.07. The van der Waals surface area contributed by atoms with Crippen LogP contribution < -0.4 is 10.2 Å². The van der Waals surface area contributed by atoms with E-state index in [1.54, 1.807) is 30.3 Å². The van der Waals surface area contributed by atoms with Crippen LogP contribution in [0, 0.1) is 11.8 Å². The number of carbonyl (C=O) groups is 3. The quantitative estimate of drug-likeness (QED) is 0.630. The Morgan fingerprint density at radius 1 is 0.968 bits per heavy atom. The first-order chi connectivity index (χ1) is 14.9. The minimum Gasteiger partial charge on any atom is -0.324 e. The van der Waals surface area contributed by atoms with Gasteiger partial charge in [0.15, 0.2) is 0 Å². The fourth-order valence-electron chi connectivity index (χ4n) is 6.07. The molecule has 6 nitrogen and oxygen atoms in total. The van der Waals surface area contributed by atoms with Gasteiger partial charge in [-0.3, -0.25) is 19.3 Å². The van der Waals surface area contributed by atoms with E-state index in [1.165, 1.54) is 6.07 Å². The van der Waals surface area contributed by atoms with Crippen molar-refractivity contribution in [2.45, 2.75) is 24.4 Å². The average molecular weight is 477 g/mol. The van der Waals surface area contributed by atoms with Crippen molar-refractivity contribution in [1.29, 1.82) is 0 Å². The lowest BCUT2D eigenvalue weighted by Gasteiger charge is -2.36. The number of halogens is 3. The predicted octanol–water partition coefficient (Wildman–Crippen LogP) is 4.08. The van der Waals surface area contributed by atoms with Crippen molar-refractivity contribution >= 4 is 63.9 Å². The normalized spacial score (nSPS) is 31.4. The molecule has 3 fully saturated rings. The molecule has 9 heteroatoms. The molecule has 158 valence electrons. The van der Waals surface area contributed by atoms with E-state index in [1.807, 2.05) is 4.90 Å². The molecule has 0 aromatic heterocycles. The second-order valence-electron chi connectivity index (χ2n) is 8.42. The van der Waals surface area contributed by atoms with Crippen LogP contribution in [0.2, 0.25) is 15.1 Å². The molecule has 0 unspecified atom stereocenters. The van der Waals surface area contributed by atoms with Gasteiger partial charge in [-0.25, -0.2) is 4.90 Å². The molecule has 2 aromatic carbocycles. The number of amides is 3. The summed E-state index contributed by atoms with van der Waals surface area (Å²) in [6.07, 6.45) is 1.58. The van der Waals surface area contributed by atoms with E-state index < -0.39 is 23.3 Å². The van der Waals surface area contributed by atoms with Crippen molar-refractivity contribution in [3.8, 4) is 0 Å². The fraction of sp³-hybridized carbons (Fsp3) is 0.318. The van der Waals surface area contributed by atoms with Crippen LogP contribution in [0.25, 0.3) is 0 Å². The molecule has 4 atom stereocenters. The van der Waals surface area contributed by atoms with Gasteiger partial charge in [-0.15, -0.1) is 0 Å². The molecule has 0 bridgehead atoms. The zero-order valence-corrected chi connectivity index (χ0v) is 18.3. The highest BCUT2D eigenvalue weighted by atomic mass is 35.5. The van der Waals surface area contributed by atoms with Gasteiger partial charge in [0.25, 0.3) is 0 Å². The maximum Gasteiger partial charge on any atom is 0.250 e. The molecule has 0 saturated carbocycles. The topological polar surface area (TPSA) is 69.7 Å². The van der Waals surface area contributed by atoms with Crippen molar-refractivity contribution in [3.63, 3.8) is 0 Å². The molecule has 4 aliphatic rings. The summed E-state index contributed by atoms with van der Waals surface area (Å²) in [6, 6.07) is 9.65. The van der Waals surface area contributed by atoms with Gasteiger partial charge >= 0.3 is 0 Å². The maximum atomic E-state index is 13.9. The zero-order chi connectivity index (χ0) is 21.7. The Balaban J connectivity index is 1.58. The standard InChI is InChI=1S/C22H16Cl3N3O3/c23-10-4-6-14-12(8-10)22(21(31)26-14)18-17(15-2-1-7-27(15)22)19(29)28(20(18)30)16-9-11(24)3-5-13(16)25/h3-6,8-9,15,17-18H,1-2,7H2,(H,26,31)/t15-,17+,18+,22-/m0/s1. The van der Waals surface area contributed by atoms with Gasteiger partial charge in [0.1, 0.15) is 5.54 Å². The molecular formula is C22H16Cl3N3O3. The fourth-order valence-corrected chi connectivity index (χ4v) is 6.61. The summed E-state index contributed by atoms with van der Waals surface area (Å²) < 4.78 is 0. The van der Waals surface area contributed by atoms with Gasteiger partial charge in [0, 0.05) is 27.3 Å². The second kappa shape index (κ2) is 6.45. The van der Waals surface area contributed by atoms with Crippen LogP contribution in [0.4, 0.5) is 11.4 Å². The Hall–Kier alpha value is -2.12. The van der Waals surface area contributed by atoms with Crippen LogP contribution >= 0.6 is 34.8 Å². The monoisotopic (exact) mass is 475 g/mol. The Bertz CT molecular complexity index is 1200. The number of carbonyl (C=O) groups excluding carboxylic acids is 3. The second-order valence-corrected chi connectivity index (χ2v) is 9.70. The highest BCUT2D eigenvalue weighted by Gasteiger charge is 2.74. The van der Waals surface area contributed by atoms with Crippen molar-refractivity contribution in [2.75, 3.05) is 16.8 Å². The lowest BCUT2D eigenvalue weighted by atomic mass is 9.75. The van der Waals surface area contributed by atoms with E-state index in [-0.39, 0.29) is 28.6 Å².